The zero-order valence-corrected chi connectivity index (χ0v) is 16.7. The predicted octanol–water partition coefficient (Wildman–Crippen LogP) is 3.30. The van der Waals surface area contributed by atoms with Gasteiger partial charge >= 0.3 is 6.29 Å². The molecule has 0 atom stereocenters. The fraction of sp³-hybridized carbons (Fsp3) is 0.450. The third-order valence-corrected chi connectivity index (χ3v) is 5.17. The molecule has 160 valence electrons. The average Bonchev–Trinajstić information content (AvgIpc) is 3.01. The van der Waals surface area contributed by atoms with Gasteiger partial charge in [-0.1, -0.05) is 0 Å². The molecule has 8 nitrogen and oxygen atoms in total. The average molecular weight is 419 g/mol. The maximum absolute atomic E-state index is 13.1. The Morgan fingerprint density at radius 1 is 1.07 bits per heavy atom. The molecular formula is C20H23F2N5O3. The highest BCUT2D eigenvalue weighted by Crippen LogP contribution is 2.41. The number of carbonyl (C=O) groups is 1. The van der Waals surface area contributed by atoms with Gasteiger partial charge in [0, 0.05) is 36.5 Å². The van der Waals surface area contributed by atoms with E-state index in [1.165, 1.54) is 18.2 Å². The van der Waals surface area contributed by atoms with Crippen molar-refractivity contribution in [3.63, 3.8) is 0 Å². The van der Waals surface area contributed by atoms with E-state index in [0.717, 1.165) is 37.2 Å². The molecule has 2 aromatic rings. The maximum atomic E-state index is 13.1. The van der Waals surface area contributed by atoms with Crippen molar-refractivity contribution < 1.29 is 23.0 Å². The number of hydrogen-bond acceptors (Lipinski definition) is 7. The molecule has 1 aliphatic carbocycles. The van der Waals surface area contributed by atoms with E-state index in [4.69, 9.17) is 0 Å². The van der Waals surface area contributed by atoms with Crippen LogP contribution in [0.3, 0.4) is 0 Å². The van der Waals surface area contributed by atoms with Crippen LogP contribution in [0.1, 0.15) is 41.7 Å². The third-order valence-electron chi connectivity index (χ3n) is 5.17. The summed E-state index contributed by atoms with van der Waals surface area (Å²) in [5.74, 6) is 0.799. The number of anilines is 2. The molecule has 2 heterocycles. The van der Waals surface area contributed by atoms with Crippen LogP contribution >= 0.6 is 0 Å². The molecule has 0 radical (unpaired) electrons. The smallest absolute Gasteiger partial charge is 0.395 e. The van der Waals surface area contributed by atoms with Gasteiger partial charge < -0.3 is 25.4 Å². The highest BCUT2D eigenvalue weighted by atomic mass is 19.3. The number of halogens is 2. The van der Waals surface area contributed by atoms with Crippen molar-refractivity contribution in [2.24, 2.45) is 0 Å². The van der Waals surface area contributed by atoms with Crippen molar-refractivity contribution in [1.29, 1.82) is 0 Å². The van der Waals surface area contributed by atoms with Crippen molar-refractivity contribution in [2.75, 3.05) is 17.7 Å². The van der Waals surface area contributed by atoms with Gasteiger partial charge in [0.2, 0.25) is 5.95 Å². The summed E-state index contributed by atoms with van der Waals surface area (Å²) in [5, 5.41) is 9.34. The summed E-state index contributed by atoms with van der Waals surface area (Å²) in [4.78, 5) is 21.3. The van der Waals surface area contributed by atoms with Crippen LogP contribution in [0.4, 0.5) is 20.5 Å². The van der Waals surface area contributed by atoms with Crippen molar-refractivity contribution in [3.8, 4) is 11.5 Å². The first-order valence-electron chi connectivity index (χ1n) is 9.82. The van der Waals surface area contributed by atoms with E-state index in [-0.39, 0.29) is 35.1 Å². The number of nitrogens with zero attached hydrogens (tertiary/aromatic N) is 2. The Morgan fingerprint density at radius 3 is 2.50 bits per heavy atom. The number of carbonyl (C=O) groups excluding carboxylic acids is 1. The second-order valence-corrected chi connectivity index (χ2v) is 7.46. The lowest BCUT2D eigenvalue weighted by molar-refractivity contribution is -0.286. The van der Waals surface area contributed by atoms with E-state index in [0.29, 0.717) is 5.95 Å². The SMILES string of the molecule is CNc1cc(C)nc(NC2CCC(NC(=O)c3ccc4c(c3)OC(F)(F)O4)CC2)n1. The Kier molecular flexibility index (Phi) is 5.31. The van der Waals surface area contributed by atoms with Gasteiger partial charge in [0.05, 0.1) is 0 Å². The summed E-state index contributed by atoms with van der Waals surface area (Å²) >= 11 is 0. The van der Waals surface area contributed by atoms with Gasteiger partial charge in [-0.15, -0.1) is 8.78 Å². The molecule has 0 unspecified atom stereocenters. The van der Waals surface area contributed by atoms with Gasteiger partial charge in [0.1, 0.15) is 5.82 Å². The van der Waals surface area contributed by atoms with Gasteiger partial charge in [-0.2, -0.15) is 4.98 Å². The Hall–Kier alpha value is -3.17. The van der Waals surface area contributed by atoms with E-state index in [2.05, 4.69) is 35.4 Å². The van der Waals surface area contributed by atoms with Crippen molar-refractivity contribution >= 4 is 17.7 Å². The van der Waals surface area contributed by atoms with Gasteiger partial charge in [0.25, 0.3) is 5.91 Å². The van der Waals surface area contributed by atoms with E-state index in [9.17, 15) is 13.6 Å². The summed E-state index contributed by atoms with van der Waals surface area (Å²) < 4.78 is 35.0. The number of aryl methyl sites for hydroxylation is 1. The number of hydrogen-bond donors (Lipinski definition) is 3. The van der Waals surface area contributed by atoms with Gasteiger partial charge in [-0.3, -0.25) is 4.79 Å². The van der Waals surface area contributed by atoms with Crippen molar-refractivity contribution in [3.05, 3.63) is 35.5 Å². The van der Waals surface area contributed by atoms with Crippen LogP contribution in [0.2, 0.25) is 0 Å². The van der Waals surface area contributed by atoms with Gasteiger partial charge in [-0.25, -0.2) is 4.98 Å². The minimum Gasteiger partial charge on any atom is -0.395 e. The molecule has 4 rings (SSSR count). The molecule has 0 spiro atoms. The van der Waals surface area contributed by atoms with Crippen LogP contribution in [0, 0.1) is 6.92 Å². The van der Waals surface area contributed by atoms with Crippen molar-refractivity contribution in [1.82, 2.24) is 15.3 Å². The fourth-order valence-corrected chi connectivity index (χ4v) is 3.68. The zero-order chi connectivity index (χ0) is 21.3. The first kappa shape index (κ1) is 20.1. The lowest BCUT2D eigenvalue weighted by Crippen LogP contribution is -2.40. The Balaban J connectivity index is 1.30. The second-order valence-electron chi connectivity index (χ2n) is 7.46. The summed E-state index contributed by atoms with van der Waals surface area (Å²) in [6.07, 6.45) is -0.416. The van der Waals surface area contributed by atoms with Gasteiger partial charge in [0.15, 0.2) is 11.5 Å². The molecular weight excluding hydrogens is 396 g/mol. The molecule has 0 bridgehead atoms. The molecule has 1 saturated carbocycles. The topological polar surface area (TPSA) is 97.4 Å². The number of aromatic nitrogens is 2. The lowest BCUT2D eigenvalue weighted by Gasteiger charge is -2.29. The number of rotatable bonds is 5. The Labute approximate surface area is 172 Å². The number of nitrogens with one attached hydrogen (secondary N) is 3. The van der Waals surface area contributed by atoms with E-state index >= 15 is 0 Å². The maximum Gasteiger partial charge on any atom is 0.586 e. The summed E-state index contributed by atoms with van der Waals surface area (Å²) in [7, 11) is 1.81. The highest BCUT2D eigenvalue weighted by Gasteiger charge is 2.43. The lowest BCUT2D eigenvalue weighted by atomic mass is 9.91. The minimum absolute atomic E-state index is 0.00807. The number of ether oxygens (including phenoxy) is 2. The van der Waals surface area contributed by atoms with Crippen LogP contribution in [0.5, 0.6) is 11.5 Å². The quantitative estimate of drug-likeness (QED) is 0.684. The van der Waals surface area contributed by atoms with Gasteiger partial charge in [-0.05, 0) is 50.8 Å². The molecule has 1 aromatic carbocycles. The molecule has 1 aliphatic heterocycles. The normalized spacial score (nSPS) is 21.7. The van der Waals surface area contributed by atoms with E-state index < -0.39 is 6.29 Å². The van der Waals surface area contributed by atoms with E-state index in [1.54, 1.807) is 0 Å². The van der Waals surface area contributed by atoms with Crippen LogP contribution in [0.15, 0.2) is 24.3 Å². The minimum atomic E-state index is -3.70. The molecule has 0 saturated heterocycles. The van der Waals surface area contributed by atoms with Crippen LogP contribution in [-0.4, -0.2) is 41.3 Å². The largest absolute Gasteiger partial charge is 0.586 e. The van der Waals surface area contributed by atoms with E-state index in [1.807, 2.05) is 20.0 Å². The molecule has 10 heteroatoms. The fourth-order valence-electron chi connectivity index (χ4n) is 3.68. The number of amides is 1. The highest BCUT2D eigenvalue weighted by molar-refractivity contribution is 5.95. The van der Waals surface area contributed by atoms with Crippen molar-refractivity contribution in [2.45, 2.75) is 51.0 Å². The molecule has 1 amide bonds. The predicted molar refractivity (Wildman–Crippen MR) is 106 cm³/mol. The number of fused-ring (bicyclic) bond motifs is 1. The number of benzene rings is 1. The number of alkyl halides is 2. The summed E-state index contributed by atoms with van der Waals surface area (Å²) in [6, 6.07) is 6.13. The molecule has 30 heavy (non-hydrogen) atoms. The Morgan fingerprint density at radius 2 is 1.77 bits per heavy atom. The molecule has 1 aromatic heterocycles. The van der Waals surface area contributed by atoms with Crippen LogP contribution in [-0.2, 0) is 0 Å². The zero-order valence-electron chi connectivity index (χ0n) is 16.7. The monoisotopic (exact) mass is 419 g/mol. The second kappa shape index (κ2) is 7.92. The first-order chi connectivity index (χ1) is 14.3. The first-order valence-corrected chi connectivity index (χ1v) is 9.82. The molecule has 3 N–H and O–H groups in total. The summed E-state index contributed by atoms with van der Waals surface area (Å²) in [5.41, 5.74) is 1.13. The Bertz CT molecular complexity index is 948. The molecule has 1 fully saturated rings. The van der Waals surface area contributed by atoms with Crippen LogP contribution < -0.4 is 25.4 Å². The van der Waals surface area contributed by atoms with Crippen LogP contribution in [0.25, 0.3) is 0 Å². The standard InChI is InChI=1S/C20H23F2N5O3/c1-11-9-17(23-2)27-19(24-11)26-14-6-4-13(5-7-14)25-18(28)12-3-8-15-16(10-12)30-20(21,22)29-15/h3,8-10,13-14H,4-7H2,1-2H3,(H,25,28)(H2,23,24,26,27). The third kappa shape index (κ3) is 4.52. The summed E-state index contributed by atoms with van der Waals surface area (Å²) in [6.45, 7) is 1.91. The molecule has 2 aliphatic rings.